The number of nitrogens with zero attached hydrogens (tertiary/aromatic N) is 6. The van der Waals surface area contributed by atoms with E-state index in [2.05, 4.69) is 25.3 Å². The van der Waals surface area contributed by atoms with Gasteiger partial charge in [0.25, 0.3) is 10.0 Å². The Morgan fingerprint density at radius 3 is 2.19 bits per heavy atom. The van der Waals surface area contributed by atoms with E-state index >= 15 is 0 Å². The number of nitriles is 1. The van der Waals surface area contributed by atoms with Crippen LogP contribution in [0, 0.1) is 11.3 Å². The maximum Gasteiger partial charge on any atom is 0.416 e. The molecule has 0 amide bonds. The van der Waals surface area contributed by atoms with Gasteiger partial charge in [0.1, 0.15) is 35.4 Å². The van der Waals surface area contributed by atoms with Gasteiger partial charge in [-0.15, -0.1) is 0 Å². The van der Waals surface area contributed by atoms with Crippen molar-refractivity contribution < 1.29 is 59.5 Å². The van der Waals surface area contributed by atoms with Crippen LogP contribution < -0.4 is 18.5 Å². The molecule has 0 unspecified atom stereocenters. The van der Waals surface area contributed by atoms with E-state index < -0.39 is 21.8 Å². The largest absolute Gasteiger partial charge is 0.497 e. The second kappa shape index (κ2) is 24.6. The summed E-state index contributed by atoms with van der Waals surface area (Å²) in [6.45, 7) is 5.46. The lowest BCUT2D eigenvalue weighted by Gasteiger charge is -2.38. The molecule has 0 saturated carbocycles. The van der Waals surface area contributed by atoms with Crippen LogP contribution in [-0.4, -0.2) is 121 Å². The monoisotopic (exact) mass is 1000 g/mol. The topological polar surface area (TPSA) is 177 Å². The minimum atomic E-state index is -4.56. The molecule has 0 bridgehead atoms. The third-order valence-corrected chi connectivity index (χ3v) is 13.5. The molecule has 21 heteroatoms. The van der Waals surface area contributed by atoms with Crippen molar-refractivity contribution in [2.24, 2.45) is 0 Å². The van der Waals surface area contributed by atoms with Crippen molar-refractivity contribution in [2.45, 2.75) is 30.3 Å². The van der Waals surface area contributed by atoms with E-state index in [1.54, 1.807) is 61.8 Å². The van der Waals surface area contributed by atoms with Crippen molar-refractivity contribution in [3.8, 4) is 51.3 Å². The molecule has 6 aromatic rings. The van der Waals surface area contributed by atoms with Crippen molar-refractivity contribution >= 4 is 26.7 Å². The fourth-order valence-electron chi connectivity index (χ4n) is 7.34. The second-order valence-corrected chi connectivity index (χ2v) is 18.2. The summed E-state index contributed by atoms with van der Waals surface area (Å²) in [5.41, 5.74) is 2.25. The molecule has 1 saturated heterocycles. The van der Waals surface area contributed by atoms with Gasteiger partial charge < -0.3 is 37.9 Å². The highest BCUT2D eigenvalue weighted by Crippen LogP contribution is 2.40. The molecule has 16 nitrogen and oxygen atoms in total. The zero-order valence-corrected chi connectivity index (χ0v) is 40.2. The third-order valence-electron chi connectivity index (χ3n) is 10.9. The molecule has 0 N–H and O–H groups in total. The van der Waals surface area contributed by atoms with E-state index in [0.717, 1.165) is 33.7 Å². The fourth-order valence-corrected chi connectivity index (χ4v) is 9.49. The number of likely N-dealkylation sites (tertiary alicyclic amines) is 1. The van der Waals surface area contributed by atoms with E-state index in [1.807, 2.05) is 6.07 Å². The van der Waals surface area contributed by atoms with Crippen LogP contribution in [0.5, 0.6) is 23.0 Å². The SMILES string of the molecule is COCCOCCOCCOCCOC1CN(Cc2cc(-c3cc(-c4cccc(C(F)(F)F)c4)ccc3Oc3ccc(S(=O)(=O)N(Cc4ccc(OC)cc4OC)c4ncns4)cc3C#N)ccn2)C1. The molecular weight excluding hydrogens is 954 g/mol. The van der Waals surface area contributed by atoms with E-state index in [1.165, 1.54) is 44.8 Å². The van der Waals surface area contributed by atoms with Crippen LogP contribution in [-0.2, 0) is 53.0 Å². The number of halogens is 3. The highest BCUT2D eigenvalue weighted by Gasteiger charge is 2.32. The summed E-state index contributed by atoms with van der Waals surface area (Å²) in [4.78, 5) is 10.7. The standard InChI is InChI=1S/C49H51F3N6O10S2/c1-61-15-16-64-17-18-65-19-20-66-21-22-67-42-31-57(32-42)30-40-24-36(13-14-54-40)44-26-35(34-5-4-6-39(23-34)49(50,51)52)8-11-46(44)68-45-12-10-43(25-38(45)28-53)70(59,60)58(48-55-33-56-69-48)29-37-7-9-41(62-2)27-47(37)63-3/h4-14,23-27,33,42H,15-22,29-32H2,1-3H3. The predicted molar refractivity (Wildman–Crippen MR) is 254 cm³/mol. The molecular formula is C49H51F3N6O10S2. The summed E-state index contributed by atoms with van der Waals surface area (Å²) in [5, 5.41) is 10.5. The molecule has 0 atom stereocenters. The Labute approximate surface area is 408 Å². The van der Waals surface area contributed by atoms with Crippen LogP contribution in [0.1, 0.15) is 22.4 Å². The number of aromatic nitrogens is 3. The van der Waals surface area contributed by atoms with Crippen molar-refractivity contribution in [2.75, 3.05) is 91.6 Å². The molecule has 1 aliphatic rings. The highest BCUT2D eigenvalue weighted by atomic mass is 32.2. The van der Waals surface area contributed by atoms with Gasteiger partial charge in [-0.05, 0) is 83.4 Å². The van der Waals surface area contributed by atoms with Gasteiger partial charge in [-0.25, -0.2) is 17.7 Å². The van der Waals surface area contributed by atoms with Crippen LogP contribution in [0.25, 0.3) is 22.3 Å². The average molecular weight is 1010 g/mol. The van der Waals surface area contributed by atoms with E-state index in [-0.39, 0.29) is 39.7 Å². The normalized spacial score (nSPS) is 13.2. The highest BCUT2D eigenvalue weighted by molar-refractivity contribution is 7.93. The minimum Gasteiger partial charge on any atom is -0.497 e. The molecule has 370 valence electrons. The molecule has 3 heterocycles. The van der Waals surface area contributed by atoms with Gasteiger partial charge in [-0.2, -0.15) is 22.8 Å². The number of ether oxygens (including phenoxy) is 8. The van der Waals surface area contributed by atoms with Gasteiger partial charge in [0.15, 0.2) is 0 Å². The Morgan fingerprint density at radius 2 is 1.50 bits per heavy atom. The Hall–Kier alpha value is -6.22. The lowest BCUT2D eigenvalue weighted by Crippen LogP contribution is -2.51. The van der Waals surface area contributed by atoms with Crippen molar-refractivity contribution in [1.82, 2.24) is 19.2 Å². The van der Waals surface area contributed by atoms with Gasteiger partial charge in [0.05, 0.1) is 101 Å². The van der Waals surface area contributed by atoms with Crippen LogP contribution >= 0.6 is 11.5 Å². The second-order valence-electron chi connectivity index (χ2n) is 15.6. The number of hydrogen-bond acceptors (Lipinski definition) is 16. The molecule has 2 aromatic heterocycles. The Balaban J connectivity index is 1.07. The lowest BCUT2D eigenvalue weighted by molar-refractivity contribution is -0.137. The van der Waals surface area contributed by atoms with Gasteiger partial charge >= 0.3 is 6.18 Å². The van der Waals surface area contributed by atoms with Crippen molar-refractivity contribution in [1.29, 1.82) is 5.26 Å². The number of benzene rings is 4. The van der Waals surface area contributed by atoms with Crippen LogP contribution in [0.2, 0.25) is 0 Å². The average Bonchev–Trinajstić information content (AvgIpc) is 3.90. The van der Waals surface area contributed by atoms with Gasteiger partial charge in [0, 0.05) is 61.7 Å². The zero-order chi connectivity index (χ0) is 49.5. The number of sulfonamides is 1. The molecule has 7 rings (SSSR count). The first-order valence-corrected chi connectivity index (χ1v) is 24.2. The van der Waals surface area contributed by atoms with Crippen molar-refractivity contribution in [3.05, 3.63) is 126 Å². The van der Waals surface area contributed by atoms with E-state index in [0.29, 0.717) is 112 Å². The summed E-state index contributed by atoms with van der Waals surface area (Å²) < 4.78 is 120. The third kappa shape index (κ3) is 13.6. The number of rotatable bonds is 26. The molecule has 0 aliphatic carbocycles. The molecule has 1 fully saturated rings. The first kappa shape index (κ1) is 51.6. The number of methoxy groups -OCH3 is 3. The quantitative estimate of drug-likeness (QED) is 0.0474. The molecule has 4 aromatic carbocycles. The maximum absolute atomic E-state index is 14.4. The van der Waals surface area contributed by atoms with Crippen LogP contribution in [0.4, 0.5) is 18.3 Å². The smallest absolute Gasteiger partial charge is 0.416 e. The van der Waals surface area contributed by atoms with E-state index in [4.69, 9.17) is 37.9 Å². The molecule has 0 radical (unpaired) electrons. The summed E-state index contributed by atoms with van der Waals surface area (Å²) in [6, 6.07) is 24.5. The predicted octanol–water partition coefficient (Wildman–Crippen LogP) is 8.26. The first-order chi connectivity index (χ1) is 33.9. The summed E-state index contributed by atoms with van der Waals surface area (Å²) in [5.74, 6) is 1.18. The Morgan fingerprint density at radius 1 is 0.771 bits per heavy atom. The van der Waals surface area contributed by atoms with Crippen LogP contribution in [0.15, 0.2) is 108 Å². The molecule has 1 aliphatic heterocycles. The van der Waals surface area contributed by atoms with E-state index in [9.17, 15) is 26.9 Å². The van der Waals surface area contributed by atoms with Crippen molar-refractivity contribution in [3.63, 3.8) is 0 Å². The van der Waals surface area contributed by atoms with Gasteiger partial charge in [-0.1, -0.05) is 18.2 Å². The Kier molecular flexibility index (Phi) is 18.1. The first-order valence-electron chi connectivity index (χ1n) is 22.0. The minimum absolute atomic E-state index is 0.0246. The van der Waals surface area contributed by atoms with Gasteiger partial charge in [0.2, 0.25) is 5.13 Å². The number of hydrogen-bond donors (Lipinski definition) is 0. The maximum atomic E-state index is 14.4. The Bertz CT molecular complexity index is 2810. The fraction of sp³-hybridized carbons (Fsp3) is 0.347. The summed E-state index contributed by atoms with van der Waals surface area (Å²) >= 11 is 0.875. The number of pyridine rings is 1. The summed E-state index contributed by atoms with van der Waals surface area (Å²) in [7, 11) is 0.201. The zero-order valence-electron chi connectivity index (χ0n) is 38.6. The molecule has 70 heavy (non-hydrogen) atoms. The summed E-state index contributed by atoms with van der Waals surface area (Å²) in [6.07, 6.45) is -1.65. The van der Waals surface area contributed by atoms with Crippen LogP contribution in [0.3, 0.4) is 0 Å². The number of anilines is 1. The lowest BCUT2D eigenvalue weighted by atomic mass is 9.97. The number of alkyl halides is 3. The van der Waals surface area contributed by atoms with Gasteiger partial charge in [-0.3, -0.25) is 9.88 Å². The molecule has 0 spiro atoms.